The van der Waals surface area contributed by atoms with Gasteiger partial charge in [-0.1, -0.05) is 45.0 Å². The van der Waals surface area contributed by atoms with Gasteiger partial charge in [0, 0.05) is 23.2 Å². The van der Waals surface area contributed by atoms with Gasteiger partial charge < -0.3 is 10.3 Å². The van der Waals surface area contributed by atoms with Crippen LogP contribution in [0.25, 0.3) is 10.9 Å². The quantitative estimate of drug-likeness (QED) is 0.750. The Morgan fingerprint density at radius 3 is 2.38 bits per heavy atom. The molecular weight excluding hydrogens is 324 g/mol. The van der Waals surface area contributed by atoms with Crippen LogP contribution in [0.4, 0.5) is 0 Å². The van der Waals surface area contributed by atoms with E-state index >= 15 is 0 Å². The SMILES string of the molecule is Cc1ccc2cc(CNC(=O)c3ccc(C(C)(C)C)cc3)c(=O)[nH]c2c1. The van der Waals surface area contributed by atoms with Crippen LogP contribution in [0.5, 0.6) is 0 Å². The van der Waals surface area contributed by atoms with Crippen molar-refractivity contribution < 1.29 is 4.79 Å². The first-order valence-corrected chi connectivity index (χ1v) is 8.75. The molecule has 0 bridgehead atoms. The highest BCUT2D eigenvalue weighted by Gasteiger charge is 2.14. The summed E-state index contributed by atoms with van der Waals surface area (Å²) in [5, 5.41) is 3.78. The number of aromatic amines is 1. The molecule has 0 radical (unpaired) electrons. The van der Waals surface area contributed by atoms with E-state index in [4.69, 9.17) is 0 Å². The highest BCUT2D eigenvalue weighted by molar-refractivity contribution is 5.94. The molecule has 3 rings (SSSR count). The number of hydrogen-bond donors (Lipinski definition) is 2. The summed E-state index contributed by atoms with van der Waals surface area (Å²) in [7, 11) is 0. The van der Waals surface area contributed by atoms with E-state index in [9.17, 15) is 9.59 Å². The van der Waals surface area contributed by atoms with Crippen molar-refractivity contribution in [1.29, 1.82) is 0 Å². The van der Waals surface area contributed by atoms with Gasteiger partial charge in [-0.2, -0.15) is 0 Å². The Labute approximate surface area is 153 Å². The fraction of sp³-hybridized carbons (Fsp3) is 0.273. The predicted molar refractivity (Wildman–Crippen MR) is 106 cm³/mol. The Hall–Kier alpha value is -2.88. The number of rotatable bonds is 3. The number of nitrogens with one attached hydrogen (secondary N) is 2. The molecule has 0 aliphatic carbocycles. The van der Waals surface area contributed by atoms with Crippen molar-refractivity contribution >= 4 is 16.8 Å². The second kappa shape index (κ2) is 6.79. The molecule has 4 nitrogen and oxygen atoms in total. The Kier molecular flexibility index (Phi) is 4.68. The third-order valence-electron chi connectivity index (χ3n) is 4.53. The van der Waals surface area contributed by atoms with Crippen LogP contribution >= 0.6 is 0 Å². The van der Waals surface area contributed by atoms with Crippen LogP contribution in [-0.2, 0) is 12.0 Å². The molecule has 0 aliphatic heterocycles. The van der Waals surface area contributed by atoms with Crippen molar-refractivity contribution in [3.05, 3.63) is 81.1 Å². The average molecular weight is 348 g/mol. The van der Waals surface area contributed by atoms with Crippen molar-refractivity contribution in [1.82, 2.24) is 10.3 Å². The van der Waals surface area contributed by atoms with Crippen LogP contribution in [0.2, 0.25) is 0 Å². The molecule has 26 heavy (non-hydrogen) atoms. The molecule has 1 aromatic heterocycles. The summed E-state index contributed by atoms with van der Waals surface area (Å²) in [6, 6.07) is 15.3. The zero-order chi connectivity index (χ0) is 18.9. The minimum absolute atomic E-state index is 0.0474. The molecule has 0 fully saturated rings. The van der Waals surface area contributed by atoms with Crippen molar-refractivity contribution in [2.75, 3.05) is 0 Å². The number of amides is 1. The number of aryl methyl sites for hydroxylation is 1. The number of carbonyl (C=O) groups excluding carboxylic acids is 1. The highest BCUT2D eigenvalue weighted by atomic mass is 16.1. The monoisotopic (exact) mass is 348 g/mol. The second-order valence-electron chi connectivity index (χ2n) is 7.72. The van der Waals surface area contributed by atoms with Gasteiger partial charge in [0.1, 0.15) is 0 Å². The molecule has 2 N–H and O–H groups in total. The van der Waals surface area contributed by atoms with Crippen molar-refractivity contribution in [2.45, 2.75) is 39.7 Å². The summed E-state index contributed by atoms with van der Waals surface area (Å²) >= 11 is 0. The molecule has 0 saturated carbocycles. The standard InChI is InChI=1S/C22H24N2O2/c1-14-5-6-16-12-17(21(26)24-19(16)11-14)13-23-20(25)15-7-9-18(10-8-15)22(2,3)4/h5-12H,13H2,1-4H3,(H,23,25)(H,24,26). The maximum Gasteiger partial charge on any atom is 0.253 e. The topological polar surface area (TPSA) is 62.0 Å². The Morgan fingerprint density at radius 1 is 1.04 bits per heavy atom. The summed E-state index contributed by atoms with van der Waals surface area (Å²) in [5.41, 5.74) is 4.08. The van der Waals surface area contributed by atoms with Crippen LogP contribution in [0, 0.1) is 6.92 Å². The van der Waals surface area contributed by atoms with E-state index in [1.807, 2.05) is 55.5 Å². The molecule has 0 saturated heterocycles. The van der Waals surface area contributed by atoms with E-state index in [2.05, 4.69) is 31.1 Å². The molecule has 0 spiro atoms. The van der Waals surface area contributed by atoms with Crippen LogP contribution in [0.15, 0.2) is 53.3 Å². The summed E-state index contributed by atoms with van der Waals surface area (Å²) in [4.78, 5) is 27.5. The summed E-state index contributed by atoms with van der Waals surface area (Å²) in [5.74, 6) is -0.186. The third-order valence-corrected chi connectivity index (χ3v) is 4.53. The molecule has 134 valence electrons. The summed E-state index contributed by atoms with van der Waals surface area (Å²) in [6.07, 6.45) is 0. The predicted octanol–water partition coefficient (Wildman–Crippen LogP) is 4.06. The number of benzene rings is 2. The molecule has 1 heterocycles. The molecule has 2 aromatic carbocycles. The lowest BCUT2D eigenvalue weighted by Crippen LogP contribution is -2.26. The zero-order valence-corrected chi connectivity index (χ0v) is 15.6. The van der Waals surface area contributed by atoms with Crippen molar-refractivity contribution in [3.8, 4) is 0 Å². The normalized spacial score (nSPS) is 11.5. The summed E-state index contributed by atoms with van der Waals surface area (Å²) in [6.45, 7) is 8.58. The fourth-order valence-electron chi connectivity index (χ4n) is 2.89. The second-order valence-corrected chi connectivity index (χ2v) is 7.72. The van der Waals surface area contributed by atoms with E-state index in [1.165, 1.54) is 5.56 Å². The van der Waals surface area contributed by atoms with Crippen molar-refractivity contribution in [3.63, 3.8) is 0 Å². The van der Waals surface area contributed by atoms with Gasteiger partial charge in [0.05, 0.1) is 0 Å². The Morgan fingerprint density at radius 2 is 1.73 bits per heavy atom. The number of hydrogen-bond acceptors (Lipinski definition) is 2. The number of aromatic nitrogens is 1. The highest BCUT2D eigenvalue weighted by Crippen LogP contribution is 2.22. The molecule has 3 aromatic rings. The van der Waals surface area contributed by atoms with Gasteiger partial charge in [-0.15, -0.1) is 0 Å². The molecule has 0 atom stereocenters. The lowest BCUT2D eigenvalue weighted by atomic mass is 9.87. The van der Waals surface area contributed by atoms with Crippen LogP contribution in [0.1, 0.15) is 47.8 Å². The fourth-order valence-corrected chi connectivity index (χ4v) is 2.89. The van der Waals surface area contributed by atoms with E-state index in [0.717, 1.165) is 16.5 Å². The number of H-pyrrole nitrogens is 1. The number of pyridine rings is 1. The van der Waals surface area contributed by atoms with Gasteiger partial charge in [0.15, 0.2) is 0 Å². The molecule has 1 amide bonds. The van der Waals surface area contributed by atoms with Crippen molar-refractivity contribution in [2.24, 2.45) is 0 Å². The first-order valence-electron chi connectivity index (χ1n) is 8.75. The smallest absolute Gasteiger partial charge is 0.253 e. The van der Waals surface area contributed by atoms with Crippen LogP contribution < -0.4 is 10.9 Å². The molecule has 4 heteroatoms. The van der Waals surface area contributed by atoms with Gasteiger partial charge in [0.2, 0.25) is 0 Å². The van der Waals surface area contributed by atoms with Gasteiger partial charge in [-0.05, 0) is 53.1 Å². The minimum Gasteiger partial charge on any atom is -0.348 e. The van der Waals surface area contributed by atoms with E-state index in [-0.39, 0.29) is 23.4 Å². The maximum atomic E-state index is 12.4. The minimum atomic E-state index is -0.186. The van der Waals surface area contributed by atoms with E-state index in [0.29, 0.717) is 11.1 Å². The maximum absolute atomic E-state index is 12.4. The number of carbonyl (C=O) groups is 1. The number of fused-ring (bicyclic) bond motifs is 1. The lowest BCUT2D eigenvalue weighted by molar-refractivity contribution is 0.0950. The first-order chi connectivity index (χ1) is 12.2. The van der Waals surface area contributed by atoms with Crippen LogP contribution in [0.3, 0.4) is 0 Å². The van der Waals surface area contributed by atoms with Gasteiger partial charge in [-0.3, -0.25) is 9.59 Å². The van der Waals surface area contributed by atoms with E-state index in [1.54, 1.807) is 0 Å². The lowest BCUT2D eigenvalue weighted by Gasteiger charge is -2.19. The van der Waals surface area contributed by atoms with Crippen LogP contribution in [-0.4, -0.2) is 10.9 Å². The Bertz CT molecular complexity index is 1010. The molecular formula is C22H24N2O2. The molecule has 0 unspecified atom stereocenters. The Balaban J connectivity index is 1.75. The van der Waals surface area contributed by atoms with Gasteiger partial charge in [-0.25, -0.2) is 0 Å². The van der Waals surface area contributed by atoms with Gasteiger partial charge >= 0.3 is 0 Å². The third kappa shape index (κ3) is 3.85. The molecule has 0 aliphatic rings. The average Bonchev–Trinajstić information content (AvgIpc) is 2.59. The largest absolute Gasteiger partial charge is 0.348 e. The first kappa shape index (κ1) is 17.9. The van der Waals surface area contributed by atoms with E-state index < -0.39 is 0 Å². The van der Waals surface area contributed by atoms with Gasteiger partial charge in [0.25, 0.3) is 11.5 Å². The summed E-state index contributed by atoms with van der Waals surface area (Å²) < 4.78 is 0. The zero-order valence-electron chi connectivity index (χ0n) is 15.6.